The van der Waals surface area contributed by atoms with Crippen LogP contribution in [0.5, 0.6) is 0 Å². The molecule has 6 aromatic rings. The van der Waals surface area contributed by atoms with Crippen LogP contribution in [0.2, 0.25) is 0 Å². The van der Waals surface area contributed by atoms with Crippen LogP contribution in [0.25, 0.3) is 33.2 Å². The van der Waals surface area contributed by atoms with Crippen molar-refractivity contribution in [3.63, 3.8) is 0 Å². The Balaban J connectivity index is 1.23. The van der Waals surface area contributed by atoms with Gasteiger partial charge in [0.1, 0.15) is 23.3 Å². The fourth-order valence-electron chi connectivity index (χ4n) is 4.41. The first kappa shape index (κ1) is 23.7. The summed E-state index contributed by atoms with van der Waals surface area (Å²) in [6, 6.07) is 29.2. The Morgan fingerprint density at radius 2 is 1.46 bits per heavy atom. The van der Waals surface area contributed by atoms with E-state index in [1.54, 1.807) is 36.4 Å². The quantitative estimate of drug-likeness (QED) is 0.186. The maximum absolute atomic E-state index is 12.8. The van der Waals surface area contributed by atoms with E-state index in [1.807, 2.05) is 54.6 Å². The Bertz CT molecular complexity index is 1860. The Morgan fingerprint density at radius 1 is 0.718 bits per heavy atom. The molecule has 6 rings (SSSR count). The maximum atomic E-state index is 12.8. The first-order chi connectivity index (χ1) is 19.0. The zero-order valence-corrected chi connectivity index (χ0v) is 20.4. The van der Waals surface area contributed by atoms with E-state index in [9.17, 15) is 9.59 Å². The lowest BCUT2D eigenvalue weighted by atomic mass is 10.1. The van der Waals surface area contributed by atoms with Gasteiger partial charge in [0.2, 0.25) is 0 Å². The fraction of sp³-hybridized carbons (Fsp3) is 0. The van der Waals surface area contributed by atoms with E-state index in [1.165, 1.54) is 12.4 Å². The molecule has 0 unspecified atom stereocenters. The predicted molar refractivity (Wildman–Crippen MR) is 151 cm³/mol. The molecule has 0 saturated heterocycles. The molecule has 2 heterocycles. The van der Waals surface area contributed by atoms with E-state index in [2.05, 4.69) is 25.9 Å². The topological polar surface area (TPSA) is 129 Å². The number of rotatable bonds is 6. The van der Waals surface area contributed by atoms with Crippen molar-refractivity contribution in [2.75, 3.05) is 16.0 Å². The summed E-state index contributed by atoms with van der Waals surface area (Å²) in [6.07, 6.45) is 0.289. The van der Waals surface area contributed by atoms with Crippen LogP contribution in [-0.2, 0) is 0 Å². The van der Waals surface area contributed by atoms with Crippen LogP contribution in [0, 0.1) is 0 Å². The van der Waals surface area contributed by atoms with Gasteiger partial charge in [-0.3, -0.25) is 10.1 Å². The van der Waals surface area contributed by atoms with Crippen LogP contribution < -0.4 is 16.0 Å². The van der Waals surface area contributed by atoms with Crippen molar-refractivity contribution in [3.05, 3.63) is 109 Å². The molecule has 0 atom stereocenters. The van der Waals surface area contributed by atoms with Gasteiger partial charge >= 0.3 is 6.09 Å². The van der Waals surface area contributed by atoms with Crippen molar-refractivity contribution in [2.24, 2.45) is 0 Å². The number of carbonyl (C=O) groups excluding carboxylic acids is 1. The van der Waals surface area contributed by atoms with Gasteiger partial charge in [0.25, 0.3) is 5.91 Å². The highest BCUT2D eigenvalue weighted by Crippen LogP contribution is 2.35. The highest BCUT2D eigenvalue weighted by Gasteiger charge is 2.14. The number of aromatic nitrogens is 2. The lowest BCUT2D eigenvalue weighted by Crippen LogP contribution is -2.13. The van der Waals surface area contributed by atoms with Gasteiger partial charge in [-0.2, -0.15) is 0 Å². The van der Waals surface area contributed by atoms with Crippen LogP contribution in [0.4, 0.5) is 27.7 Å². The molecule has 0 spiro atoms. The van der Waals surface area contributed by atoms with Gasteiger partial charge in [0.15, 0.2) is 0 Å². The fourth-order valence-corrected chi connectivity index (χ4v) is 4.41. The molecule has 9 nitrogen and oxygen atoms in total. The third-order valence-electron chi connectivity index (χ3n) is 6.12. The van der Waals surface area contributed by atoms with Crippen LogP contribution in [0.15, 0.2) is 108 Å². The van der Waals surface area contributed by atoms with Crippen LogP contribution in [0.1, 0.15) is 10.4 Å². The molecule has 0 aliphatic heterocycles. The monoisotopic (exact) mass is 515 g/mol. The number of furan rings is 1. The van der Waals surface area contributed by atoms with Crippen molar-refractivity contribution in [2.45, 2.75) is 0 Å². The Hall–Kier alpha value is -5.70. The second kappa shape index (κ2) is 9.98. The number of amides is 2. The lowest BCUT2D eigenvalue weighted by molar-refractivity contribution is 0.102. The molecule has 39 heavy (non-hydrogen) atoms. The molecule has 2 aromatic heterocycles. The number of carbonyl (C=O) groups is 2. The lowest BCUT2D eigenvalue weighted by Gasteiger charge is -2.11. The first-order valence-electron chi connectivity index (χ1n) is 12.0. The molecule has 0 bridgehead atoms. The van der Waals surface area contributed by atoms with E-state index in [-0.39, 0.29) is 5.91 Å². The minimum Gasteiger partial charge on any atom is -0.465 e. The zero-order chi connectivity index (χ0) is 26.8. The molecular formula is C30H21N5O4. The first-order valence-corrected chi connectivity index (χ1v) is 12.0. The third-order valence-corrected chi connectivity index (χ3v) is 6.12. The molecule has 0 saturated carbocycles. The van der Waals surface area contributed by atoms with Gasteiger partial charge in [-0.1, -0.05) is 42.5 Å². The van der Waals surface area contributed by atoms with E-state index in [0.29, 0.717) is 34.1 Å². The SMILES string of the molecule is O=C(O)Nc1cccc(C(=O)Nc2cccc(Nc3cc(-c4cccc5c4oc4ccccc45)ncn3)c2)c1. The number of para-hydroxylation sites is 2. The van der Waals surface area contributed by atoms with E-state index < -0.39 is 6.09 Å². The van der Waals surface area contributed by atoms with Gasteiger partial charge in [-0.15, -0.1) is 0 Å². The van der Waals surface area contributed by atoms with Gasteiger partial charge in [-0.25, -0.2) is 14.8 Å². The second-order valence-corrected chi connectivity index (χ2v) is 8.74. The number of anilines is 4. The summed E-state index contributed by atoms with van der Waals surface area (Å²) >= 11 is 0. The van der Waals surface area contributed by atoms with Gasteiger partial charge in [-0.05, 0) is 48.5 Å². The molecule has 0 aliphatic carbocycles. The zero-order valence-electron chi connectivity index (χ0n) is 20.4. The summed E-state index contributed by atoms with van der Waals surface area (Å²) in [5, 5.41) is 19.3. The average molecular weight is 516 g/mol. The Kier molecular flexibility index (Phi) is 6.06. The normalized spacial score (nSPS) is 10.9. The van der Waals surface area contributed by atoms with Crippen molar-refractivity contribution in [1.29, 1.82) is 0 Å². The standard InChI is InChI=1S/C30H21N5O4/c36-29(18-6-3-7-19(14-18)35-30(37)38)34-21-9-4-8-20(15-21)33-27-16-25(31-17-32-27)24-12-5-11-23-22-10-1-2-13-26(22)39-28(23)24/h1-17,35H,(H,34,36)(H,37,38)(H,31,32,33). The molecule has 190 valence electrons. The number of nitrogens with one attached hydrogen (secondary N) is 3. The van der Waals surface area contributed by atoms with Crippen molar-refractivity contribution in [1.82, 2.24) is 9.97 Å². The highest BCUT2D eigenvalue weighted by atomic mass is 16.4. The number of fused-ring (bicyclic) bond motifs is 3. The minimum absolute atomic E-state index is 0.309. The van der Waals surface area contributed by atoms with E-state index in [0.717, 1.165) is 27.5 Å². The van der Waals surface area contributed by atoms with Gasteiger partial charge in [0.05, 0.1) is 5.69 Å². The predicted octanol–water partition coefficient (Wildman–Crippen LogP) is 7.13. The van der Waals surface area contributed by atoms with Crippen molar-refractivity contribution >= 4 is 56.8 Å². The number of carboxylic acid groups (broad SMARTS) is 1. The molecule has 2 amide bonds. The van der Waals surface area contributed by atoms with Gasteiger partial charge in [0, 0.05) is 45.0 Å². The minimum atomic E-state index is -1.20. The van der Waals surface area contributed by atoms with Crippen molar-refractivity contribution in [3.8, 4) is 11.3 Å². The molecule has 0 radical (unpaired) electrons. The highest BCUT2D eigenvalue weighted by molar-refractivity contribution is 6.09. The molecular weight excluding hydrogens is 494 g/mol. The third kappa shape index (κ3) is 4.96. The molecule has 4 aromatic carbocycles. The number of hydrogen-bond donors (Lipinski definition) is 4. The average Bonchev–Trinajstić information content (AvgIpc) is 3.32. The summed E-state index contributed by atoms with van der Waals surface area (Å²) in [4.78, 5) is 32.5. The summed E-state index contributed by atoms with van der Waals surface area (Å²) in [5.74, 6) is 0.202. The van der Waals surface area contributed by atoms with Crippen LogP contribution in [0.3, 0.4) is 0 Å². The van der Waals surface area contributed by atoms with Crippen molar-refractivity contribution < 1.29 is 19.1 Å². The molecule has 0 aliphatic rings. The van der Waals surface area contributed by atoms with Gasteiger partial charge < -0.3 is 20.2 Å². The number of nitrogens with zero attached hydrogens (tertiary/aromatic N) is 2. The second-order valence-electron chi connectivity index (χ2n) is 8.74. The summed E-state index contributed by atoms with van der Waals surface area (Å²) in [7, 11) is 0. The summed E-state index contributed by atoms with van der Waals surface area (Å²) < 4.78 is 6.16. The summed E-state index contributed by atoms with van der Waals surface area (Å²) in [5.41, 5.74) is 5.03. The number of benzene rings is 4. The van der Waals surface area contributed by atoms with E-state index in [4.69, 9.17) is 9.52 Å². The Labute approximate surface area is 222 Å². The molecule has 4 N–H and O–H groups in total. The molecule has 0 fully saturated rings. The largest absolute Gasteiger partial charge is 0.465 e. The Morgan fingerprint density at radius 3 is 2.33 bits per heavy atom. The van der Waals surface area contributed by atoms with Crippen LogP contribution >= 0.6 is 0 Å². The van der Waals surface area contributed by atoms with E-state index >= 15 is 0 Å². The summed E-state index contributed by atoms with van der Waals surface area (Å²) in [6.45, 7) is 0. The van der Waals surface area contributed by atoms with Crippen LogP contribution in [-0.4, -0.2) is 27.1 Å². The molecule has 9 heteroatoms. The smallest absolute Gasteiger partial charge is 0.409 e. The number of hydrogen-bond acceptors (Lipinski definition) is 6. The maximum Gasteiger partial charge on any atom is 0.409 e.